The van der Waals surface area contributed by atoms with Crippen molar-refractivity contribution in [3.63, 3.8) is 0 Å². The number of aromatic carboxylic acids is 2. The summed E-state index contributed by atoms with van der Waals surface area (Å²) in [7, 11) is 0. The third kappa shape index (κ3) is 3.09. The zero-order valence-electron chi connectivity index (χ0n) is 7.94. The van der Waals surface area contributed by atoms with Crippen molar-refractivity contribution in [1.82, 2.24) is 0 Å². The van der Waals surface area contributed by atoms with E-state index in [4.69, 9.17) is 10.2 Å². The molecular formula is C8H10Cl2O4S. The van der Waals surface area contributed by atoms with Crippen molar-refractivity contribution in [2.24, 2.45) is 0 Å². The van der Waals surface area contributed by atoms with Crippen LogP contribution in [-0.2, 0) is 0 Å². The molecule has 0 atom stereocenters. The zero-order chi connectivity index (χ0) is 10.2. The Balaban J connectivity index is 0. The predicted molar refractivity (Wildman–Crippen MR) is 62.2 cm³/mol. The van der Waals surface area contributed by atoms with Gasteiger partial charge in [0.1, 0.15) is 9.75 Å². The highest BCUT2D eigenvalue weighted by molar-refractivity contribution is 7.16. The predicted octanol–water partition coefficient (Wildman–Crippen LogP) is 2.60. The summed E-state index contributed by atoms with van der Waals surface area (Å²) in [5, 5.41) is 17.4. The van der Waals surface area contributed by atoms with Crippen LogP contribution in [0.25, 0.3) is 0 Å². The molecule has 0 aromatic carbocycles. The molecule has 0 spiro atoms. The monoisotopic (exact) mass is 272 g/mol. The number of carbonyl (C=O) groups is 2. The number of hydrogen-bond donors (Lipinski definition) is 2. The van der Waals surface area contributed by atoms with Crippen molar-refractivity contribution >= 4 is 48.1 Å². The van der Waals surface area contributed by atoms with Crippen LogP contribution in [0.15, 0.2) is 0 Å². The fraction of sp³-hybridized carbons (Fsp3) is 0.250. The molecule has 0 aliphatic heterocycles. The lowest BCUT2D eigenvalue weighted by molar-refractivity contribution is 0.0692. The summed E-state index contributed by atoms with van der Waals surface area (Å²) in [5.41, 5.74) is 1.07. The molecule has 0 bridgehead atoms. The van der Waals surface area contributed by atoms with E-state index in [1.54, 1.807) is 13.8 Å². The average Bonchev–Trinajstić information content (AvgIpc) is 2.29. The molecular weight excluding hydrogens is 263 g/mol. The number of halogens is 2. The van der Waals surface area contributed by atoms with Gasteiger partial charge in [0.25, 0.3) is 0 Å². The molecule has 7 heteroatoms. The molecule has 1 rings (SSSR count). The van der Waals surface area contributed by atoms with E-state index in [1.165, 1.54) is 0 Å². The van der Waals surface area contributed by atoms with Crippen LogP contribution in [0.1, 0.15) is 30.5 Å². The highest BCUT2D eigenvalue weighted by atomic mass is 35.5. The van der Waals surface area contributed by atoms with Gasteiger partial charge in [0.15, 0.2) is 0 Å². The summed E-state index contributed by atoms with van der Waals surface area (Å²) in [6, 6.07) is 0. The molecule has 0 radical (unpaired) electrons. The Labute approximate surface area is 103 Å². The Hall–Kier alpha value is -0.780. The Morgan fingerprint density at radius 3 is 1.33 bits per heavy atom. The second kappa shape index (κ2) is 5.95. The highest BCUT2D eigenvalue weighted by Crippen LogP contribution is 2.27. The van der Waals surface area contributed by atoms with Crippen molar-refractivity contribution in [2.75, 3.05) is 0 Å². The van der Waals surface area contributed by atoms with Gasteiger partial charge in [-0.2, -0.15) is 0 Å². The normalized spacial score (nSPS) is 8.67. The van der Waals surface area contributed by atoms with Crippen LogP contribution in [0.5, 0.6) is 0 Å². The number of hydrogen-bond acceptors (Lipinski definition) is 3. The Bertz CT molecular complexity index is 352. The fourth-order valence-electron chi connectivity index (χ4n) is 1.00. The molecule has 86 valence electrons. The van der Waals surface area contributed by atoms with E-state index in [0.29, 0.717) is 11.1 Å². The van der Waals surface area contributed by atoms with Gasteiger partial charge in [0.05, 0.1) is 0 Å². The first-order chi connectivity index (χ1) is 5.95. The molecule has 0 unspecified atom stereocenters. The second-order valence-electron chi connectivity index (χ2n) is 2.62. The van der Waals surface area contributed by atoms with Gasteiger partial charge in [0, 0.05) is 0 Å². The summed E-state index contributed by atoms with van der Waals surface area (Å²) in [6.45, 7) is 3.23. The van der Waals surface area contributed by atoms with Gasteiger partial charge in [-0.1, -0.05) is 0 Å². The van der Waals surface area contributed by atoms with Gasteiger partial charge in [-0.25, -0.2) is 9.59 Å². The van der Waals surface area contributed by atoms with E-state index in [9.17, 15) is 9.59 Å². The highest BCUT2D eigenvalue weighted by Gasteiger charge is 2.20. The Morgan fingerprint density at radius 2 is 1.20 bits per heavy atom. The molecule has 2 N–H and O–H groups in total. The minimum absolute atomic E-state index is 0. The van der Waals surface area contributed by atoms with Crippen LogP contribution in [0.3, 0.4) is 0 Å². The summed E-state index contributed by atoms with van der Waals surface area (Å²) in [6.07, 6.45) is 0. The molecule has 1 aromatic heterocycles. The lowest BCUT2D eigenvalue weighted by atomic mass is 10.1. The van der Waals surface area contributed by atoms with Gasteiger partial charge in [-0.15, -0.1) is 36.2 Å². The molecule has 0 fully saturated rings. The zero-order valence-corrected chi connectivity index (χ0v) is 10.4. The van der Waals surface area contributed by atoms with Gasteiger partial charge in [0.2, 0.25) is 0 Å². The Kier molecular flexibility index (Phi) is 6.60. The topological polar surface area (TPSA) is 74.6 Å². The average molecular weight is 273 g/mol. The lowest BCUT2D eigenvalue weighted by Gasteiger charge is -1.91. The van der Waals surface area contributed by atoms with E-state index in [-0.39, 0.29) is 34.6 Å². The van der Waals surface area contributed by atoms with Crippen LogP contribution in [0.2, 0.25) is 0 Å². The minimum Gasteiger partial charge on any atom is -0.477 e. The van der Waals surface area contributed by atoms with Crippen LogP contribution < -0.4 is 0 Å². The smallest absolute Gasteiger partial charge is 0.346 e. The van der Waals surface area contributed by atoms with E-state index in [1.807, 2.05) is 0 Å². The quantitative estimate of drug-likeness (QED) is 0.868. The minimum atomic E-state index is -1.07. The maximum Gasteiger partial charge on any atom is 0.346 e. The molecule has 4 nitrogen and oxygen atoms in total. The van der Waals surface area contributed by atoms with Crippen molar-refractivity contribution in [2.45, 2.75) is 13.8 Å². The van der Waals surface area contributed by atoms with Crippen molar-refractivity contribution < 1.29 is 19.8 Å². The van der Waals surface area contributed by atoms with Crippen LogP contribution >= 0.6 is 36.2 Å². The van der Waals surface area contributed by atoms with Crippen LogP contribution in [0, 0.1) is 13.8 Å². The van der Waals surface area contributed by atoms with Gasteiger partial charge in [-0.3, -0.25) is 0 Å². The van der Waals surface area contributed by atoms with Gasteiger partial charge in [-0.05, 0) is 25.0 Å². The van der Waals surface area contributed by atoms with Crippen molar-refractivity contribution in [1.29, 1.82) is 0 Å². The molecule has 1 heterocycles. The molecule has 15 heavy (non-hydrogen) atoms. The van der Waals surface area contributed by atoms with E-state index in [2.05, 4.69) is 0 Å². The number of rotatable bonds is 2. The summed E-state index contributed by atoms with van der Waals surface area (Å²) in [5.74, 6) is -2.14. The number of thiophene rings is 1. The first-order valence-corrected chi connectivity index (χ1v) is 4.33. The number of carboxylic acid groups (broad SMARTS) is 2. The van der Waals surface area contributed by atoms with E-state index >= 15 is 0 Å². The molecule has 0 aliphatic rings. The molecule has 0 aliphatic carbocycles. The molecule has 0 saturated heterocycles. The van der Waals surface area contributed by atoms with Crippen molar-refractivity contribution in [3.05, 3.63) is 20.9 Å². The summed E-state index contributed by atoms with van der Waals surface area (Å²) < 4.78 is 0. The molecule has 0 saturated carbocycles. The summed E-state index contributed by atoms with van der Waals surface area (Å²) >= 11 is 0.803. The van der Waals surface area contributed by atoms with E-state index in [0.717, 1.165) is 11.3 Å². The first kappa shape index (κ1) is 16.6. The third-order valence-electron chi connectivity index (χ3n) is 1.84. The second-order valence-corrected chi connectivity index (χ2v) is 3.64. The van der Waals surface area contributed by atoms with E-state index < -0.39 is 11.9 Å². The third-order valence-corrected chi connectivity index (χ3v) is 3.21. The SMILES string of the molecule is Cc1c(C(=O)O)sc(C(=O)O)c1C.Cl.Cl. The van der Waals surface area contributed by atoms with Crippen LogP contribution in [-0.4, -0.2) is 22.2 Å². The standard InChI is InChI=1S/C8H8O4S.2ClH/c1-3-4(2)6(8(11)12)13-5(3)7(9)10;;/h1-2H3,(H,9,10)(H,11,12);2*1H. The van der Waals surface area contributed by atoms with Crippen molar-refractivity contribution in [3.8, 4) is 0 Å². The molecule has 0 amide bonds. The largest absolute Gasteiger partial charge is 0.477 e. The first-order valence-electron chi connectivity index (χ1n) is 3.51. The van der Waals surface area contributed by atoms with Crippen LogP contribution in [0.4, 0.5) is 0 Å². The fourth-order valence-corrected chi connectivity index (χ4v) is 1.99. The number of carboxylic acids is 2. The lowest BCUT2D eigenvalue weighted by Crippen LogP contribution is -1.94. The van der Waals surface area contributed by atoms with Gasteiger partial charge >= 0.3 is 11.9 Å². The molecule has 1 aromatic rings. The Morgan fingerprint density at radius 1 is 0.933 bits per heavy atom. The van der Waals surface area contributed by atoms with Gasteiger partial charge < -0.3 is 10.2 Å². The maximum atomic E-state index is 10.6. The maximum absolute atomic E-state index is 10.6. The summed E-state index contributed by atoms with van der Waals surface area (Å²) in [4.78, 5) is 21.5.